The molecule has 0 atom stereocenters. The highest BCUT2D eigenvalue weighted by Crippen LogP contribution is 2.33. The van der Waals surface area contributed by atoms with Crippen molar-refractivity contribution in [3.05, 3.63) is 58.6 Å². The lowest BCUT2D eigenvalue weighted by Crippen LogP contribution is -2.14. The van der Waals surface area contributed by atoms with Gasteiger partial charge in [-0.1, -0.05) is 23.9 Å². The van der Waals surface area contributed by atoms with Gasteiger partial charge in [0.1, 0.15) is 21.9 Å². The van der Waals surface area contributed by atoms with Crippen LogP contribution in [0.5, 0.6) is 0 Å². The van der Waals surface area contributed by atoms with Crippen molar-refractivity contribution in [3.8, 4) is 17.5 Å². The molecule has 0 aliphatic heterocycles. The van der Waals surface area contributed by atoms with Crippen LogP contribution in [0.3, 0.4) is 0 Å². The molecule has 1 aromatic carbocycles. The quantitative estimate of drug-likeness (QED) is 0.448. The van der Waals surface area contributed by atoms with E-state index in [2.05, 4.69) is 26.3 Å². The van der Waals surface area contributed by atoms with Crippen LogP contribution >= 0.6 is 23.1 Å². The van der Waals surface area contributed by atoms with E-state index in [1.807, 2.05) is 50.2 Å². The number of fused-ring (bicyclic) bond motifs is 1. The monoisotopic (exact) mass is 419 g/mol. The van der Waals surface area contributed by atoms with Gasteiger partial charge in [0.2, 0.25) is 5.91 Å². The maximum atomic E-state index is 12.5. The van der Waals surface area contributed by atoms with Gasteiger partial charge in [-0.15, -0.1) is 11.3 Å². The van der Waals surface area contributed by atoms with E-state index in [0.717, 1.165) is 37.9 Å². The van der Waals surface area contributed by atoms with Gasteiger partial charge < -0.3 is 10.3 Å². The number of amides is 1. The summed E-state index contributed by atoms with van der Waals surface area (Å²) in [5, 5.41) is 13.5. The van der Waals surface area contributed by atoms with Gasteiger partial charge in [0.05, 0.1) is 22.3 Å². The number of thioether (sulfide) groups is 1. The molecule has 0 saturated heterocycles. The Bertz CT molecular complexity index is 1220. The molecular weight excluding hydrogens is 402 g/mol. The minimum absolute atomic E-state index is 0.172. The van der Waals surface area contributed by atoms with Crippen LogP contribution in [0.15, 0.2) is 47.6 Å². The van der Waals surface area contributed by atoms with Gasteiger partial charge in [-0.05, 0) is 43.7 Å². The Labute approximate surface area is 176 Å². The second kappa shape index (κ2) is 8.07. The first-order chi connectivity index (χ1) is 14.1. The highest BCUT2D eigenvalue weighted by Gasteiger charge is 2.16. The lowest BCUT2D eigenvalue weighted by atomic mass is 10.2. The molecule has 0 spiro atoms. The first-order valence-corrected chi connectivity index (χ1v) is 10.7. The van der Waals surface area contributed by atoms with Crippen LogP contribution < -0.4 is 5.32 Å². The third-order valence-electron chi connectivity index (χ3n) is 4.51. The molecule has 0 saturated carbocycles. The van der Waals surface area contributed by atoms with E-state index in [9.17, 15) is 10.1 Å². The molecule has 2 N–H and O–H groups in total. The summed E-state index contributed by atoms with van der Waals surface area (Å²) >= 11 is 2.77. The van der Waals surface area contributed by atoms with Crippen LogP contribution in [-0.2, 0) is 4.79 Å². The minimum atomic E-state index is -0.172. The Hall–Kier alpha value is -3.15. The molecule has 8 heteroatoms. The van der Waals surface area contributed by atoms with Gasteiger partial charge in [-0.25, -0.2) is 9.97 Å². The number of para-hydroxylation sites is 2. The zero-order valence-corrected chi connectivity index (χ0v) is 17.4. The maximum Gasteiger partial charge on any atom is 0.235 e. The summed E-state index contributed by atoms with van der Waals surface area (Å²) in [6.45, 7) is 3.83. The average Bonchev–Trinajstić information content (AvgIpc) is 3.27. The first-order valence-electron chi connectivity index (χ1n) is 8.89. The van der Waals surface area contributed by atoms with E-state index in [1.54, 1.807) is 6.20 Å². The molecule has 1 amide bonds. The van der Waals surface area contributed by atoms with Crippen molar-refractivity contribution in [2.75, 3.05) is 11.1 Å². The summed E-state index contributed by atoms with van der Waals surface area (Å²) in [6, 6.07) is 13.8. The number of nitriles is 1. The van der Waals surface area contributed by atoms with Crippen molar-refractivity contribution in [2.45, 2.75) is 18.9 Å². The van der Waals surface area contributed by atoms with Crippen molar-refractivity contribution in [3.63, 3.8) is 0 Å². The first kappa shape index (κ1) is 19.2. The molecule has 0 aliphatic rings. The van der Waals surface area contributed by atoms with E-state index < -0.39 is 0 Å². The Balaban J connectivity index is 1.51. The number of aromatic amines is 1. The standard InChI is InChI=1S/C21H17N5OS2/c1-12-13(2)29-21(15(12)10-22)26-18(27)11-28-20-14(6-5-9-23-20)19-24-16-7-3-4-8-17(16)25-19/h3-9H,11H2,1-2H3,(H,24,25)(H,26,27). The number of aryl methyl sites for hydroxylation is 1. The molecule has 3 aromatic heterocycles. The van der Waals surface area contributed by atoms with Crippen molar-refractivity contribution >= 4 is 45.0 Å². The zero-order valence-electron chi connectivity index (χ0n) is 15.8. The molecule has 144 valence electrons. The Morgan fingerprint density at radius 3 is 2.90 bits per heavy atom. The number of imidazole rings is 1. The third-order valence-corrected chi connectivity index (χ3v) is 6.63. The normalized spacial score (nSPS) is 10.8. The Morgan fingerprint density at radius 2 is 2.10 bits per heavy atom. The van der Waals surface area contributed by atoms with Crippen LogP contribution in [0.2, 0.25) is 0 Å². The third kappa shape index (κ3) is 3.88. The number of anilines is 1. The van der Waals surface area contributed by atoms with E-state index in [-0.39, 0.29) is 11.7 Å². The highest BCUT2D eigenvalue weighted by molar-refractivity contribution is 8.00. The van der Waals surface area contributed by atoms with Crippen molar-refractivity contribution < 1.29 is 4.79 Å². The van der Waals surface area contributed by atoms with E-state index in [0.29, 0.717) is 10.6 Å². The number of hydrogen-bond donors (Lipinski definition) is 2. The minimum Gasteiger partial charge on any atom is -0.338 e. The van der Waals surface area contributed by atoms with Gasteiger partial charge in [0.15, 0.2) is 0 Å². The van der Waals surface area contributed by atoms with Crippen LogP contribution in [0.4, 0.5) is 5.00 Å². The van der Waals surface area contributed by atoms with Crippen LogP contribution in [0.25, 0.3) is 22.4 Å². The van der Waals surface area contributed by atoms with Gasteiger partial charge in [-0.3, -0.25) is 4.79 Å². The van der Waals surface area contributed by atoms with Crippen molar-refractivity contribution in [1.29, 1.82) is 5.26 Å². The molecule has 4 aromatic rings. The summed E-state index contributed by atoms with van der Waals surface area (Å²) in [7, 11) is 0. The lowest BCUT2D eigenvalue weighted by molar-refractivity contribution is -0.113. The van der Waals surface area contributed by atoms with E-state index in [1.165, 1.54) is 23.1 Å². The predicted octanol–water partition coefficient (Wildman–Crippen LogP) is 4.91. The van der Waals surface area contributed by atoms with Crippen molar-refractivity contribution in [2.24, 2.45) is 0 Å². The number of benzene rings is 1. The second-order valence-electron chi connectivity index (χ2n) is 6.39. The predicted molar refractivity (Wildman–Crippen MR) is 117 cm³/mol. The number of hydrogen-bond acceptors (Lipinski definition) is 6. The van der Waals surface area contributed by atoms with Gasteiger partial charge in [0.25, 0.3) is 0 Å². The summed E-state index contributed by atoms with van der Waals surface area (Å²) < 4.78 is 0. The number of pyridine rings is 1. The number of aromatic nitrogens is 3. The number of rotatable bonds is 5. The van der Waals surface area contributed by atoms with E-state index in [4.69, 9.17) is 0 Å². The van der Waals surface area contributed by atoms with Gasteiger partial charge in [0, 0.05) is 16.6 Å². The zero-order chi connectivity index (χ0) is 20.4. The van der Waals surface area contributed by atoms with Gasteiger partial charge in [-0.2, -0.15) is 5.26 Å². The summed E-state index contributed by atoms with van der Waals surface area (Å²) in [5.41, 5.74) is 4.13. The molecule has 4 rings (SSSR count). The fourth-order valence-corrected chi connectivity index (χ4v) is 4.74. The summed E-state index contributed by atoms with van der Waals surface area (Å²) in [4.78, 5) is 25.9. The number of nitrogens with one attached hydrogen (secondary N) is 2. The maximum absolute atomic E-state index is 12.5. The Morgan fingerprint density at radius 1 is 1.28 bits per heavy atom. The molecule has 0 fully saturated rings. The topological polar surface area (TPSA) is 94.5 Å². The highest BCUT2D eigenvalue weighted by atomic mass is 32.2. The fraction of sp³-hybridized carbons (Fsp3) is 0.143. The molecule has 3 heterocycles. The van der Waals surface area contributed by atoms with E-state index >= 15 is 0 Å². The molecule has 6 nitrogen and oxygen atoms in total. The fourth-order valence-electron chi connectivity index (χ4n) is 2.91. The average molecular weight is 420 g/mol. The van der Waals surface area contributed by atoms with Crippen LogP contribution in [-0.4, -0.2) is 26.6 Å². The van der Waals surface area contributed by atoms with Gasteiger partial charge >= 0.3 is 0 Å². The smallest absolute Gasteiger partial charge is 0.235 e. The molecule has 0 radical (unpaired) electrons. The number of nitrogens with zero attached hydrogens (tertiary/aromatic N) is 3. The Kier molecular flexibility index (Phi) is 5.34. The number of carbonyl (C=O) groups is 1. The summed E-state index contributed by atoms with van der Waals surface area (Å²) in [5.74, 6) is 0.734. The lowest BCUT2D eigenvalue weighted by Gasteiger charge is -2.06. The molecule has 0 aliphatic carbocycles. The molecule has 0 unspecified atom stereocenters. The largest absolute Gasteiger partial charge is 0.338 e. The SMILES string of the molecule is Cc1sc(NC(=O)CSc2ncccc2-c2nc3ccccc3[nH]2)c(C#N)c1C. The summed E-state index contributed by atoms with van der Waals surface area (Å²) in [6.07, 6.45) is 1.70. The van der Waals surface area contributed by atoms with Crippen LogP contribution in [0.1, 0.15) is 16.0 Å². The molecule has 29 heavy (non-hydrogen) atoms. The second-order valence-corrected chi connectivity index (χ2v) is 8.58. The van der Waals surface area contributed by atoms with Crippen molar-refractivity contribution in [1.82, 2.24) is 15.0 Å². The van der Waals surface area contributed by atoms with Crippen LogP contribution in [0, 0.1) is 25.2 Å². The molecule has 0 bridgehead atoms. The molecular formula is C21H17N5OS2. The number of thiophene rings is 1. The number of carbonyl (C=O) groups excluding carboxylic acids is 1. The number of H-pyrrole nitrogens is 1.